The largest absolute Gasteiger partial charge is 0.371 e. The first-order chi connectivity index (χ1) is 11.2. The van der Waals surface area contributed by atoms with Gasteiger partial charge in [-0.2, -0.15) is 0 Å². The smallest absolute Gasteiger partial charge is 0.273 e. The Balaban J connectivity index is 1.27. The molecule has 0 aliphatic carbocycles. The van der Waals surface area contributed by atoms with Crippen molar-refractivity contribution in [3.05, 3.63) is 46.7 Å². The van der Waals surface area contributed by atoms with E-state index in [0.29, 0.717) is 12.3 Å². The van der Waals surface area contributed by atoms with E-state index in [9.17, 15) is 4.79 Å². The summed E-state index contributed by atoms with van der Waals surface area (Å²) in [5.41, 5.74) is 3.23. The highest BCUT2D eigenvalue weighted by molar-refractivity contribution is 8.01. The number of ether oxygens (including phenoxy) is 1. The molecule has 0 unspecified atom stereocenters. The van der Waals surface area contributed by atoms with E-state index in [1.165, 1.54) is 11.3 Å². The molecule has 5 nitrogen and oxygen atoms in total. The van der Waals surface area contributed by atoms with Crippen LogP contribution in [-0.4, -0.2) is 50.5 Å². The quantitative estimate of drug-likeness (QED) is 0.850. The maximum Gasteiger partial charge on any atom is 0.273 e. The number of thioether (sulfide) groups is 1. The van der Waals surface area contributed by atoms with E-state index in [1.807, 2.05) is 40.2 Å². The minimum absolute atomic E-state index is 0.0512. The number of likely N-dealkylation sites (tertiary alicyclic amines) is 1. The fourth-order valence-corrected chi connectivity index (χ4v) is 5.17. The second-order valence-electron chi connectivity index (χ2n) is 5.99. The summed E-state index contributed by atoms with van der Waals surface area (Å²) in [5.74, 6) is 1.04. The molecule has 4 heterocycles. The Labute approximate surface area is 143 Å². The van der Waals surface area contributed by atoms with Gasteiger partial charge >= 0.3 is 0 Å². The maximum absolute atomic E-state index is 12.2. The molecule has 2 fully saturated rings. The minimum Gasteiger partial charge on any atom is -0.371 e. The lowest BCUT2D eigenvalue weighted by Crippen LogP contribution is -2.60. The van der Waals surface area contributed by atoms with Gasteiger partial charge < -0.3 is 9.64 Å². The van der Waals surface area contributed by atoms with Crippen molar-refractivity contribution in [2.24, 2.45) is 0 Å². The molecule has 120 valence electrons. The number of nitrogens with zero attached hydrogens (tertiary/aromatic N) is 3. The van der Waals surface area contributed by atoms with Crippen molar-refractivity contribution >= 4 is 29.0 Å². The molecule has 2 aromatic heterocycles. The highest BCUT2D eigenvalue weighted by atomic mass is 32.2. The summed E-state index contributed by atoms with van der Waals surface area (Å²) in [6.45, 7) is 2.17. The number of rotatable bonds is 4. The SMILES string of the molecule is O=C(c1cscn1)N1CC2(C[C@@H](OCc3ccccn3)CS2)C1. The van der Waals surface area contributed by atoms with Gasteiger partial charge in [0.05, 0.1) is 28.7 Å². The molecular formula is C16H17N3O2S2. The predicted octanol–water partition coefficient (Wildman–Crippen LogP) is 2.46. The minimum atomic E-state index is 0.0512. The van der Waals surface area contributed by atoms with Crippen molar-refractivity contribution in [2.75, 3.05) is 18.8 Å². The molecule has 7 heteroatoms. The Bertz CT molecular complexity index is 672. The first-order valence-electron chi connectivity index (χ1n) is 7.57. The molecule has 2 aromatic rings. The molecule has 0 aromatic carbocycles. The van der Waals surface area contributed by atoms with Crippen LogP contribution < -0.4 is 0 Å². The van der Waals surface area contributed by atoms with E-state index < -0.39 is 0 Å². The fourth-order valence-electron chi connectivity index (χ4n) is 3.09. The summed E-state index contributed by atoms with van der Waals surface area (Å²) in [7, 11) is 0. The number of aromatic nitrogens is 2. The number of carbonyl (C=O) groups is 1. The third-order valence-electron chi connectivity index (χ3n) is 4.26. The second-order valence-corrected chi connectivity index (χ2v) is 8.19. The van der Waals surface area contributed by atoms with E-state index in [4.69, 9.17) is 4.74 Å². The molecule has 2 aliphatic heterocycles. The van der Waals surface area contributed by atoms with Crippen LogP contribution in [0.5, 0.6) is 0 Å². The molecule has 0 N–H and O–H groups in total. The second kappa shape index (κ2) is 6.22. The number of amides is 1. The summed E-state index contributed by atoms with van der Waals surface area (Å²) in [6, 6.07) is 5.87. The summed E-state index contributed by atoms with van der Waals surface area (Å²) in [4.78, 5) is 22.5. The molecular weight excluding hydrogens is 330 g/mol. The molecule has 0 saturated carbocycles. The van der Waals surface area contributed by atoms with Gasteiger partial charge in [-0.3, -0.25) is 9.78 Å². The van der Waals surface area contributed by atoms with E-state index >= 15 is 0 Å². The van der Waals surface area contributed by atoms with Gasteiger partial charge in [-0.25, -0.2) is 4.98 Å². The highest BCUT2D eigenvalue weighted by Gasteiger charge is 2.51. The van der Waals surface area contributed by atoms with Gasteiger partial charge in [-0.05, 0) is 18.6 Å². The van der Waals surface area contributed by atoms with Gasteiger partial charge in [0.2, 0.25) is 0 Å². The number of thiazole rings is 1. The van der Waals surface area contributed by atoms with Crippen LogP contribution in [0.3, 0.4) is 0 Å². The summed E-state index contributed by atoms with van der Waals surface area (Å²) < 4.78 is 6.17. The maximum atomic E-state index is 12.2. The molecule has 1 spiro atoms. The normalized spacial score (nSPS) is 22.3. The van der Waals surface area contributed by atoms with Crippen molar-refractivity contribution in [3.63, 3.8) is 0 Å². The lowest BCUT2D eigenvalue weighted by atomic mass is 9.92. The number of carbonyl (C=O) groups excluding carboxylic acids is 1. The zero-order valence-corrected chi connectivity index (χ0v) is 14.2. The van der Waals surface area contributed by atoms with Crippen LogP contribution in [0.15, 0.2) is 35.3 Å². The molecule has 1 amide bonds. The summed E-state index contributed by atoms with van der Waals surface area (Å²) in [6.07, 6.45) is 3.04. The van der Waals surface area contributed by atoms with Gasteiger partial charge in [0.1, 0.15) is 5.69 Å². The Morgan fingerprint density at radius 1 is 1.39 bits per heavy atom. The Morgan fingerprint density at radius 3 is 3.04 bits per heavy atom. The van der Waals surface area contributed by atoms with Crippen LogP contribution in [0.1, 0.15) is 22.6 Å². The number of pyridine rings is 1. The van der Waals surface area contributed by atoms with E-state index in [-0.39, 0.29) is 16.8 Å². The molecule has 0 radical (unpaired) electrons. The van der Waals surface area contributed by atoms with Crippen LogP contribution in [0, 0.1) is 0 Å². The van der Waals surface area contributed by atoms with Crippen LogP contribution in [-0.2, 0) is 11.3 Å². The standard InChI is InChI=1S/C16H17N3O2S2/c20-15(14-8-22-11-18-14)19-9-16(10-19)5-13(7-23-16)21-6-12-3-1-2-4-17-12/h1-4,8,11,13H,5-7,9-10H2/t13-/m1/s1. The van der Waals surface area contributed by atoms with Crippen LogP contribution in [0.25, 0.3) is 0 Å². The first kappa shape index (κ1) is 15.1. The summed E-state index contributed by atoms with van der Waals surface area (Å²) in [5, 5.41) is 1.81. The van der Waals surface area contributed by atoms with Crippen molar-refractivity contribution < 1.29 is 9.53 Å². The van der Waals surface area contributed by atoms with Gasteiger partial charge in [-0.15, -0.1) is 23.1 Å². The van der Waals surface area contributed by atoms with Crippen molar-refractivity contribution in [1.29, 1.82) is 0 Å². The molecule has 2 aliphatic rings. The molecule has 0 bridgehead atoms. The van der Waals surface area contributed by atoms with E-state index in [1.54, 1.807) is 11.7 Å². The first-order valence-corrected chi connectivity index (χ1v) is 9.50. The molecule has 2 saturated heterocycles. The van der Waals surface area contributed by atoms with Crippen molar-refractivity contribution in [2.45, 2.75) is 23.9 Å². The molecule has 1 atom stereocenters. The number of hydrogen-bond acceptors (Lipinski definition) is 6. The van der Waals surface area contributed by atoms with Gasteiger partial charge in [0.15, 0.2) is 0 Å². The van der Waals surface area contributed by atoms with E-state index in [0.717, 1.165) is 31.0 Å². The monoisotopic (exact) mass is 347 g/mol. The third-order valence-corrected chi connectivity index (χ3v) is 6.43. The Morgan fingerprint density at radius 2 is 2.30 bits per heavy atom. The average Bonchev–Trinajstić information content (AvgIpc) is 3.22. The van der Waals surface area contributed by atoms with Gasteiger partial charge in [0.25, 0.3) is 5.91 Å². The van der Waals surface area contributed by atoms with Gasteiger partial charge in [0, 0.05) is 30.4 Å². The lowest BCUT2D eigenvalue weighted by Gasteiger charge is -2.47. The van der Waals surface area contributed by atoms with Crippen LogP contribution in [0.2, 0.25) is 0 Å². The third kappa shape index (κ3) is 3.13. The Kier molecular flexibility index (Phi) is 4.09. The fraction of sp³-hybridized carbons (Fsp3) is 0.438. The summed E-state index contributed by atoms with van der Waals surface area (Å²) >= 11 is 3.39. The number of hydrogen-bond donors (Lipinski definition) is 0. The topological polar surface area (TPSA) is 55.3 Å². The zero-order chi connectivity index (χ0) is 15.7. The van der Waals surface area contributed by atoms with Gasteiger partial charge in [-0.1, -0.05) is 6.07 Å². The zero-order valence-electron chi connectivity index (χ0n) is 12.6. The predicted molar refractivity (Wildman–Crippen MR) is 90.6 cm³/mol. The average molecular weight is 347 g/mol. The van der Waals surface area contributed by atoms with Crippen LogP contribution >= 0.6 is 23.1 Å². The highest BCUT2D eigenvalue weighted by Crippen LogP contribution is 2.46. The molecule has 23 heavy (non-hydrogen) atoms. The molecule has 4 rings (SSSR count). The van der Waals surface area contributed by atoms with Crippen LogP contribution in [0.4, 0.5) is 0 Å². The lowest BCUT2D eigenvalue weighted by molar-refractivity contribution is 0.0243. The van der Waals surface area contributed by atoms with Crippen molar-refractivity contribution in [3.8, 4) is 0 Å². The van der Waals surface area contributed by atoms with Crippen molar-refractivity contribution in [1.82, 2.24) is 14.9 Å². The Hall–Kier alpha value is -1.44. The van der Waals surface area contributed by atoms with E-state index in [2.05, 4.69) is 9.97 Å².